The molecule has 0 aliphatic rings. The normalized spacial score (nSPS) is 10.4. The molecule has 0 amide bonds. The predicted octanol–water partition coefficient (Wildman–Crippen LogP) is 4.92. The molecule has 3 heteroatoms. The van der Waals surface area contributed by atoms with E-state index in [1.54, 1.807) is 17.8 Å². The van der Waals surface area contributed by atoms with Gasteiger partial charge in [0.2, 0.25) is 0 Å². The van der Waals surface area contributed by atoms with Crippen LogP contribution in [0.4, 0.5) is 0 Å². The van der Waals surface area contributed by atoms with Crippen molar-refractivity contribution in [2.24, 2.45) is 0 Å². The fourth-order valence-electron chi connectivity index (χ4n) is 1.58. The first-order valence-corrected chi connectivity index (χ1v) is 6.79. The highest BCUT2D eigenvalue weighted by Crippen LogP contribution is 2.31. The Hall–Kier alpha value is -1.25. The Labute approximate surface area is 116 Å². The summed E-state index contributed by atoms with van der Waals surface area (Å²) in [5.74, 6) is 0. The predicted molar refractivity (Wildman–Crippen MR) is 76.9 cm³/mol. The fraction of sp³-hybridized carbons (Fsp3) is 0.133. The van der Waals surface area contributed by atoms with Gasteiger partial charge in [-0.05, 0) is 55.3 Å². The average Bonchev–Trinajstić information content (AvgIpc) is 2.34. The fourth-order valence-corrected chi connectivity index (χ4v) is 2.83. The van der Waals surface area contributed by atoms with Crippen LogP contribution in [-0.2, 0) is 0 Å². The summed E-state index contributed by atoms with van der Waals surface area (Å²) in [6.07, 6.45) is 0.771. The molecule has 0 saturated heterocycles. The molecule has 0 spiro atoms. The molecule has 0 fully saturated rings. The zero-order valence-corrected chi connectivity index (χ0v) is 11.8. The van der Waals surface area contributed by atoms with Crippen molar-refractivity contribution in [1.82, 2.24) is 0 Å². The molecule has 0 aliphatic heterocycles. The first-order chi connectivity index (χ1) is 8.60. The highest BCUT2D eigenvalue weighted by Gasteiger charge is 2.03. The molecule has 0 atom stereocenters. The molecule has 0 aromatic heterocycles. The van der Waals surface area contributed by atoms with Crippen LogP contribution in [0.15, 0.2) is 46.2 Å². The van der Waals surface area contributed by atoms with Gasteiger partial charge in [0.1, 0.15) is 0 Å². The molecule has 92 valence electrons. The molecular weight excluding hydrogens is 264 g/mol. The molecular formula is C15H13ClOS. The molecule has 2 aromatic rings. The molecule has 2 aromatic carbocycles. The van der Waals surface area contributed by atoms with E-state index in [1.807, 2.05) is 12.1 Å². The van der Waals surface area contributed by atoms with Crippen LogP contribution in [0, 0.1) is 13.8 Å². The molecule has 18 heavy (non-hydrogen) atoms. The summed E-state index contributed by atoms with van der Waals surface area (Å²) in [7, 11) is 0. The molecule has 0 saturated carbocycles. The summed E-state index contributed by atoms with van der Waals surface area (Å²) in [5.41, 5.74) is 3.09. The van der Waals surface area contributed by atoms with E-state index in [-0.39, 0.29) is 0 Å². The van der Waals surface area contributed by atoms with Gasteiger partial charge in [0.25, 0.3) is 0 Å². The third kappa shape index (κ3) is 2.95. The Balaban J connectivity index is 2.25. The zero-order valence-electron chi connectivity index (χ0n) is 10.2. The number of aldehydes is 1. The Morgan fingerprint density at radius 3 is 2.28 bits per heavy atom. The van der Waals surface area contributed by atoms with Crippen molar-refractivity contribution in [3.63, 3.8) is 0 Å². The quantitative estimate of drug-likeness (QED) is 0.740. The van der Waals surface area contributed by atoms with E-state index in [2.05, 4.69) is 32.0 Å². The maximum atomic E-state index is 10.7. The minimum Gasteiger partial charge on any atom is -0.298 e. The Bertz CT molecular complexity index is 593. The minimum absolute atomic E-state index is 0.499. The molecule has 0 radical (unpaired) electrons. The molecule has 0 aliphatic carbocycles. The van der Waals surface area contributed by atoms with E-state index >= 15 is 0 Å². The van der Waals surface area contributed by atoms with E-state index in [0.29, 0.717) is 10.6 Å². The summed E-state index contributed by atoms with van der Waals surface area (Å²) >= 11 is 7.65. The van der Waals surface area contributed by atoms with Gasteiger partial charge in [0.15, 0.2) is 6.29 Å². The van der Waals surface area contributed by atoms with Gasteiger partial charge in [-0.25, -0.2) is 0 Å². The van der Waals surface area contributed by atoms with Crippen LogP contribution in [0.25, 0.3) is 0 Å². The number of aryl methyl sites for hydroxylation is 2. The zero-order chi connectivity index (χ0) is 13.1. The first-order valence-electron chi connectivity index (χ1n) is 5.60. The van der Waals surface area contributed by atoms with E-state index in [1.165, 1.54) is 16.0 Å². The van der Waals surface area contributed by atoms with Gasteiger partial charge in [-0.1, -0.05) is 29.4 Å². The lowest BCUT2D eigenvalue weighted by Crippen LogP contribution is -1.84. The van der Waals surface area contributed by atoms with Gasteiger partial charge in [-0.2, -0.15) is 0 Å². The van der Waals surface area contributed by atoms with Crippen LogP contribution in [-0.4, -0.2) is 6.29 Å². The second-order valence-corrected chi connectivity index (χ2v) is 5.70. The summed E-state index contributed by atoms with van der Waals surface area (Å²) < 4.78 is 0. The van der Waals surface area contributed by atoms with Crippen molar-refractivity contribution < 1.29 is 4.79 Å². The molecule has 0 bridgehead atoms. The lowest BCUT2D eigenvalue weighted by atomic mass is 10.1. The highest BCUT2D eigenvalue weighted by molar-refractivity contribution is 7.99. The van der Waals surface area contributed by atoms with Crippen LogP contribution >= 0.6 is 23.4 Å². The van der Waals surface area contributed by atoms with E-state index in [9.17, 15) is 4.79 Å². The van der Waals surface area contributed by atoms with Gasteiger partial charge >= 0.3 is 0 Å². The number of carbonyl (C=O) groups excluding carboxylic acids is 1. The second kappa shape index (κ2) is 5.59. The van der Waals surface area contributed by atoms with Crippen molar-refractivity contribution in [1.29, 1.82) is 0 Å². The number of hydrogen-bond acceptors (Lipinski definition) is 2. The van der Waals surface area contributed by atoms with Crippen molar-refractivity contribution in [2.75, 3.05) is 0 Å². The van der Waals surface area contributed by atoms with Gasteiger partial charge < -0.3 is 0 Å². The van der Waals surface area contributed by atoms with Gasteiger partial charge in [-0.3, -0.25) is 4.79 Å². The van der Waals surface area contributed by atoms with Crippen LogP contribution in [0.5, 0.6) is 0 Å². The third-order valence-corrected chi connectivity index (χ3v) is 4.12. The van der Waals surface area contributed by atoms with Crippen molar-refractivity contribution in [2.45, 2.75) is 23.6 Å². The average molecular weight is 277 g/mol. The number of rotatable bonds is 3. The molecule has 2 rings (SSSR count). The second-order valence-electron chi connectivity index (χ2n) is 4.15. The summed E-state index contributed by atoms with van der Waals surface area (Å²) in [5, 5.41) is 0.499. The van der Waals surface area contributed by atoms with Gasteiger partial charge in [-0.15, -0.1) is 0 Å². The summed E-state index contributed by atoms with van der Waals surface area (Å²) in [4.78, 5) is 12.9. The molecule has 0 heterocycles. The number of benzene rings is 2. The van der Waals surface area contributed by atoms with E-state index < -0.39 is 0 Å². The molecule has 0 unspecified atom stereocenters. The van der Waals surface area contributed by atoms with Crippen molar-refractivity contribution in [3.8, 4) is 0 Å². The summed E-state index contributed by atoms with van der Waals surface area (Å²) in [6, 6.07) is 11.8. The lowest BCUT2D eigenvalue weighted by molar-refractivity contribution is 0.112. The van der Waals surface area contributed by atoms with Gasteiger partial charge in [0, 0.05) is 15.4 Å². The molecule has 0 N–H and O–H groups in total. The SMILES string of the molecule is Cc1ccc(Sc2ccc(C=O)c(Cl)c2)cc1C. The monoisotopic (exact) mass is 276 g/mol. The smallest absolute Gasteiger partial charge is 0.151 e. The number of halogens is 1. The first kappa shape index (κ1) is 13.2. The van der Waals surface area contributed by atoms with Gasteiger partial charge in [0.05, 0.1) is 5.02 Å². The maximum Gasteiger partial charge on any atom is 0.151 e. The van der Waals surface area contributed by atoms with Crippen LogP contribution in [0.1, 0.15) is 21.5 Å². The van der Waals surface area contributed by atoms with Crippen molar-refractivity contribution in [3.05, 3.63) is 58.1 Å². The van der Waals surface area contributed by atoms with Crippen LogP contribution in [0.3, 0.4) is 0 Å². The van der Waals surface area contributed by atoms with Crippen LogP contribution < -0.4 is 0 Å². The largest absolute Gasteiger partial charge is 0.298 e. The summed E-state index contributed by atoms with van der Waals surface area (Å²) in [6.45, 7) is 4.20. The molecule has 1 nitrogen and oxygen atoms in total. The Morgan fingerprint density at radius 1 is 1.00 bits per heavy atom. The lowest BCUT2D eigenvalue weighted by Gasteiger charge is -2.06. The van der Waals surface area contributed by atoms with E-state index in [0.717, 1.165) is 11.2 Å². The highest BCUT2D eigenvalue weighted by atomic mass is 35.5. The third-order valence-electron chi connectivity index (χ3n) is 2.81. The maximum absolute atomic E-state index is 10.7. The standard InChI is InChI=1S/C15H13ClOS/c1-10-3-5-13(7-11(10)2)18-14-6-4-12(9-17)15(16)8-14/h3-9H,1-2H3. The van der Waals surface area contributed by atoms with Crippen LogP contribution in [0.2, 0.25) is 5.02 Å². The number of carbonyl (C=O) groups is 1. The topological polar surface area (TPSA) is 17.1 Å². The Morgan fingerprint density at radius 2 is 1.67 bits per heavy atom. The Kier molecular flexibility index (Phi) is 4.10. The van der Waals surface area contributed by atoms with E-state index in [4.69, 9.17) is 11.6 Å². The number of hydrogen-bond donors (Lipinski definition) is 0. The van der Waals surface area contributed by atoms with Crippen molar-refractivity contribution >= 4 is 29.6 Å². The minimum atomic E-state index is 0.499.